The van der Waals surface area contributed by atoms with E-state index in [-0.39, 0.29) is 29.7 Å². The molecule has 0 unspecified atom stereocenters. The molecule has 2 aliphatic heterocycles. The maximum atomic E-state index is 12.3. The number of carboxylic acid groups (broad SMARTS) is 1. The number of carbonyl (C=O) groups is 3. The van der Waals surface area contributed by atoms with E-state index < -0.39 is 53.7 Å². The number of halogens is 3. The van der Waals surface area contributed by atoms with Gasteiger partial charge in [0.25, 0.3) is 0 Å². The number of carboxylic acids is 1. The van der Waals surface area contributed by atoms with E-state index in [2.05, 4.69) is 4.90 Å². The highest BCUT2D eigenvalue weighted by molar-refractivity contribution is 5.85. The third-order valence-electron chi connectivity index (χ3n) is 7.50. The van der Waals surface area contributed by atoms with Gasteiger partial charge in [0.05, 0.1) is 11.0 Å². The lowest BCUT2D eigenvalue weighted by Gasteiger charge is -2.61. The first-order chi connectivity index (χ1) is 17.2. The van der Waals surface area contributed by atoms with Crippen LogP contribution in [0, 0.1) is 0 Å². The number of likely N-dealkylation sites (N-methyl/N-ethyl adjacent to an activating group) is 1. The van der Waals surface area contributed by atoms with Crippen LogP contribution in [0.15, 0.2) is 24.0 Å². The first-order valence-corrected chi connectivity index (χ1v) is 11.2. The summed E-state index contributed by atoms with van der Waals surface area (Å²) in [6.45, 7) is 0.642. The lowest BCUT2D eigenvalue weighted by Crippen LogP contribution is -2.74. The van der Waals surface area contributed by atoms with Gasteiger partial charge in [-0.15, -0.1) is 0 Å². The largest absolute Gasteiger partial charge is 0.504 e. The monoisotopic (exact) mass is 531 g/mol. The third kappa shape index (κ3) is 4.04. The van der Waals surface area contributed by atoms with Crippen molar-refractivity contribution >= 4 is 18.2 Å². The quantitative estimate of drug-likeness (QED) is 0.256. The van der Waals surface area contributed by atoms with Crippen LogP contribution in [-0.2, 0) is 31.0 Å². The smallest absolute Gasteiger partial charge is 0.446 e. The average Bonchev–Trinajstić information content (AvgIpc) is 3.19. The molecule has 0 amide bonds. The average molecular weight is 531 g/mol. The molecule has 2 heterocycles. The van der Waals surface area contributed by atoms with Crippen molar-refractivity contribution < 1.29 is 62.6 Å². The Morgan fingerprint density at radius 3 is 2.51 bits per heavy atom. The summed E-state index contributed by atoms with van der Waals surface area (Å²) in [7, 11) is 1.94. The number of aldehydes is 1. The van der Waals surface area contributed by atoms with Gasteiger partial charge in [0, 0.05) is 18.0 Å². The number of nitrogens with zero attached hydrogens (tertiary/aromatic N) is 1. The number of ether oxygens (including phenoxy) is 2. The zero-order chi connectivity index (χ0) is 27.5. The molecule has 1 aromatic rings. The highest BCUT2D eigenvalue weighted by atomic mass is 19.4. The molecule has 6 atom stereocenters. The van der Waals surface area contributed by atoms with Crippen LogP contribution >= 0.6 is 0 Å². The minimum absolute atomic E-state index is 0.0121. The molecule has 14 heteroatoms. The second-order valence-corrected chi connectivity index (χ2v) is 9.41. The van der Waals surface area contributed by atoms with Crippen LogP contribution in [0.4, 0.5) is 13.2 Å². The zero-order valence-electron chi connectivity index (χ0n) is 19.3. The van der Waals surface area contributed by atoms with Crippen molar-refractivity contribution in [3.63, 3.8) is 0 Å². The van der Waals surface area contributed by atoms with E-state index in [1.165, 1.54) is 12.1 Å². The normalized spacial score (nSPS) is 30.9. The van der Waals surface area contributed by atoms with Crippen LogP contribution < -0.4 is 4.74 Å². The highest BCUT2D eigenvalue weighted by Gasteiger charge is 2.72. The zero-order valence-corrected chi connectivity index (χ0v) is 19.3. The second-order valence-electron chi connectivity index (χ2n) is 9.41. The molecular formula is C23H24F3NO10. The molecule has 202 valence electrons. The number of rotatable bonds is 4. The topological polar surface area (TPSA) is 174 Å². The van der Waals surface area contributed by atoms with Gasteiger partial charge < -0.3 is 39.9 Å². The number of phenols is 1. The van der Waals surface area contributed by atoms with Gasteiger partial charge >= 0.3 is 18.1 Å². The summed E-state index contributed by atoms with van der Waals surface area (Å²) in [6.07, 6.45) is -8.61. The summed E-state index contributed by atoms with van der Waals surface area (Å²) < 4.78 is 42.6. The molecule has 11 nitrogen and oxygen atoms in total. The summed E-state index contributed by atoms with van der Waals surface area (Å²) in [4.78, 5) is 34.0. The lowest BCUT2D eigenvalue weighted by atomic mass is 9.50. The van der Waals surface area contributed by atoms with E-state index in [0.29, 0.717) is 24.9 Å². The Hall–Kier alpha value is -3.20. The molecule has 4 aliphatic rings. The number of aliphatic carboxylic acids is 1. The summed E-state index contributed by atoms with van der Waals surface area (Å²) in [5.74, 6) is -2.95. The number of phenolic OH excluding ortho intramolecular Hbond substituents is 1. The van der Waals surface area contributed by atoms with E-state index >= 15 is 0 Å². The highest BCUT2D eigenvalue weighted by Crippen LogP contribution is 2.65. The van der Waals surface area contributed by atoms with E-state index in [9.17, 15) is 43.2 Å². The van der Waals surface area contributed by atoms with Gasteiger partial charge in [-0.05, 0) is 44.1 Å². The number of carbonyl (C=O) groups excluding carboxylic acids is 2. The third-order valence-corrected chi connectivity index (χ3v) is 7.50. The standard InChI is InChI=1S/C21H23NO9.C2HF3O/c1-22-7-6-20-13-9-2-3-10(23)16(13)31-17(20)11(4-5-21(20,29)12(22)8-9)30-19(28)15(25)14(24)18(26)27;3-2(4,5)1-6/h2-4,12,14-15,17,23-25,29H,5-8H2,1H3,(H,26,27);1H/t12-,14-,15-,17+,20+,21-;/m1./s1. The number of benzene rings is 1. The van der Waals surface area contributed by atoms with Crippen molar-refractivity contribution in [2.45, 2.75) is 60.8 Å². The number of hydrogen-bond acceptors (Lipinski definition) is 10. The van der Waals surface area contributed by atoms with Crippen molar-refractivity contribution in [3.05, 3.63) is 35.1 Å². The number of alkyl halides is 3. The van der Waals surface area contributed by atoms with Crippen LogP contribution in [0.25, 0.3) is 0 Å². The molecule has 0 radical (unpaired) electrons. The Morgan fingerprint density at radius 2 is 1.92 bits per heavy atom. The van der Waals surface area contributed by atoms with Crippen LogP contribution in [0.5, 0.6) is 11.5 Å². The molecule has 1 fully saturated rings. The van der Waals surface area contributed by atoms with Crippen LogP contribution in [0.1, 0.15) is 24.0 Å². The van der Waals surface area contributed by atoms with E-state index in [0.717, 1.165) is 5.56 Å². The Bertz CT molecular complexity index is 1170. The summed E-state index contributed by atoms with van der Waals surface area (Å²) >= 11 is 0. The molecular weight excluding hydrogens is 507 g/mol. The maximum absolute atomic E-state index is 12.3. The Balaban J connectivity index is 0.000000480. The lowest BCUT2D eigenvalue weighted by molar-refractivity contribution is -0.177. The van der Waals surface area contributed by atoms with Crippen molar-refractivity contribution in [3.8, 4) is 11.5 Å². The molecule has 1 aromatic carbocycles. The molecule has 1 spiro atoms. The fourth-order valence-corrected chi connectivity index (χ4v) is 5.88. The van der Waals surface area contributed by atoms with Gasteiger partial charge in [0.15, 0.2) is 29.8 Å². The molecule has 0 aromatic heterocycles. The summed E-state index contributed by atoms with van der Waals surface area (Å²) in [5.41, 5.74) is -0.583. The van der Waals surface area contributed by atoms with Crippen molar-refractivity contribution in [2.24, 2.45) is 0 Å². The SMILES string of the molecule is CN1CC[C@]23c4c5ccc(O)c4O[C@H]2C(OC(=O)[C@H](O)[C@@H](O)C(=O)O)=CC[C@@]3(O)[C@H]1C5.O=CC(F)(F)F. The first kappa shape index (κ1) is 26.9. The number of aliphatic hydroxyl groups is 3. The molecule has 2 aliphatic carbocycles. The number of aromatic hydroxyl groups is 1. The minimum atomic E-state index is -4.64. The fourth-order valence-electron chi connectivity index (χ4n) is 5.88. The number of likely N-dealkylation sites (tertiary alicyclic amines) is 1. The van der Waals surface area contributed by atoms with E-state index in [1.54, 1.807) is 0 Å². The van der Waals surface area contributed by atoms with Crippen molar-refractivity contribution in [2.75, 3.05) is 13.6 Å². The maximum Gasteiger partial charge on any atom is 0.446 e. The van der Waals surface area contributed by atoms with Gasteiger partial charge in [-0.2, -0.15) is 13.2 Å². The van der Waals surface area contributed by atoms with E-state index in [4.69, 9.17) is 19.4 Å². The molecule has 37 heavy (non-hydrogen) atoms. The first-order valence-electron chi connectivity index (χ1n) is 11.2. The van der Waals surface area contributed by atoms with Crippen molar-refractivity contribution in [1.29, 1.82) is 0 Å². The minimum Gasteiger partial charge on any atom is -0.504 e. The number of hydrogen-bond donors (Lipinski definition) is 5. The second kappa shape index (κ2) is 8.97. The van der Waals surface area contributed by atoms with Gasteiger partial charge in [-0.3, -0.25) is 4.79 Å². The molecule has 2 bridgehead atoms. The summed E-state index contributed by atoms with van der Waals surface area (Å²) in [5, 5.41) is 50.5. The van der Waals surface area contributed by atoms with Gasteiger partial charge in [-0.1, -0.05) is 6.07 Å². The summed E-state index contributed by atoms with van der Waals surface area (Å²) in [6, 6.07) is 3.12. The molecule has 5 rings (SSSR count). The fraction of sp³-hybridized carbons (Fsp3) is 0.522. The van der Waals surface area contributed by atoms with Gasteiger partial charge in [-0.25, -0.2) is 9.59 Å². The predicted octanol–water partition coefficient (Wildman–Crippen LogP) is -0.233. The predicted molar refractivity (Wildman–Crippen MR) is 114 cm³/mol. The van der Waals surface area contributed by atoms with E-state index in [1.807, 2.05) is 13.1 Å². The van der Waals surface area contributed by atoms with Crippen LogP contribution in [-0.4, -0.2) is 98.4 Å². The number of aliphatic hydroxyl groups excluding tert-OH is 2. The number of piperidine rings is 1. The van der Waals surface area contributed by atoms with Gasteiger partial charge in [0.1, 0.15) is 5.76 Å². The molecule has 0 saturated carbocycles. The van der Waals surface area contributed by atoms with Crippen LogP contribution in [0.3, 0.4) is 0 Å². The molecule has 5 N–H and O–H groups in total. The van der Waals surface area contributed by atoms with Crippen molar-refractivity contribution in [1.82, 2.24) is 4.90 Å². The number of esters is 1. The Labute approximate surface area is 207 Å². The van der Waals surface area contributed by atoms with Gasteiger partial charge in [0.2, 0.25) is 6.29 Å². The Morgan fingerprint density at radius 1 is 1.27 bits per heavy atom. The Kier molecular flexibility index (Phi) is 6.51. The van der Waals surface area contributed by atoms with Crippen LogP contribution in [0.2, 0.25) is 0 Å². The molecule has 1 saturated heterocycles.